The number of pyridine rings is 1. The van der Waals surface area contributed by atoms with E-state index in [1.54, 1.807) is 17.3 Å². The van der Waals surface area contributed by atoms with E-state index in [4.69, 9.17) is 9.47 Å². The average Bonchev–Trinajstić information content (AvgIpc) is 3.76. The smallest absolute Gasteiger partial charge is 0.262 e. The molecule has 2 aromatic heterocycles. The lowest BCUT2D eigenvalue weighted by atomic mass is 10.0. The Hall–Kier alpha value is -2.51. The van der Waals surface area contributed by atoms with Gasteiger partial charge in [-0.25, -0.2) is 26.8 Å². The molecule has 6 rings (SSSR count). The maximum Gasteiger partial charge on any atom is 0.262 e. The Bertz CT molecular complexity index is 1410. The van der Waals surface area contributed by atoms with Gasteiger partial charge in [-0.05, 0) is 57.6 Å². The SMILES string of the molecule is COc1c(Nc2ccc(S(=O)(=O)C3CC3)nc2C)ncnc1OC1CC2CC[C@@H](C1)N2S(=O)(=O)C1CC1. The zero-order valence-electron chi connectivity index (χ0n) is 20.8. The average molecular weight is 550 g/mol. The Morgan fingerprint density at radius 2 is 1.62 bits per heavy atom. The largest absolute Gasteiger partial charge is 0.489 e. The van der Waals surface area contributed by atoms with E-state index < -0.39 is 19.9 Å². The number of fused-ring (bicyclic) bond motifs is 2. The zero-order chi connectivity index (χ0) is 25.9. The molecule has 4 fully saturated rings. The molecule has 200 valence electrons. The van der Waals surface area contributed by atoms with Crippen LogP contribution < -0.4 is 14.8 Å². The fraction of sp³-hybridized carbons (Fsp3) is 0.625. The third kappa shape index (κ3) is 4.54. The highest BCUT2D eigenvalue weighted by atomic mass is 32.2. The molecule has 37 heavy (non-hydrogen) atoms. The van der Waals surface area contributed by atoms with Gasteiger partial charge in [-0.2, -0.15) is 9.29 Å². The van der Waals surface area contributed by atoms with E-state index in [1.807, 2.05) is 0 Å². The normalized spacial score (nSPS) is 26.2. The molecule has 2 aromatic rings. The number of methoxy groups -OCH3 is 1. The van der Waals surface area contributed by atoms with Crippen LogP contribution in [0.1, 0.15) is 57.1 Å². The van der Waals surface area contributed by atoms with Crippen molar-refractivity contribution in [2.45, 2.75) is 92.0 Å². The van der Waals surface area contributed by atoms with Crippen LogP contribution in [0, 0.1) is 6.92 Å². The van der Waals surface area contributed by atoms with E-state index in [0.717, 1.165) is 25.7 Å². The van der Waals surface area contributed by atoms with Crippen LogP contribution in [0.4, 0.5) is 11.5 Å². The van der Waals surface area contributed by atoms with Crippen molar-refractivity contribution < 1.29 is 26.3 Å². The number of nitrogens with one attached hydrogen (secondary N) is 1. The molecular weight excluding hydrogens is 518 g/mol. The number of piperidine rings is 1. The Kier molecular flexibility index (Phi) is 6.07. The summed E-state index contributed by atoms with van der Waals surface area (Å²) in [4.78, 5) is 12.9. The molecule has 0 spiro atoms. The first-order valence-electron chi connectivity index (χ1n) is 12.7. The number of aromatic nitrogens is 3. The Balaban J connectivity index is 1.19. The summed E-state index contributed by atoms with van der Waals surface area (Å²) in [6.07, 6.45) is 7.00. The highest BCUT2D eigenvalue weighted by Gasteiger charge is 2.52. The molecule has 11 nitrogen and oxygen atoms in total. The third-order valence-electron chi connectivity index (χ3n) is 7.68. The molecule has 4 aliphatic rings. The lowest BCUT2D eigenvalue weighted by molar-refractivity contribution is 0.0887. The minimum atomic E-state index is -3.38. The quantitative estimate of drug-likeness (QED) is 0.496. The Morgan fingerprint density at radius 3 is 2.22 bits per heavy atom. The second kappa shape index (κ2) is 9.05. The van der Waals surface area contributed by atoms with Gasteiger partial charge in [-0.3, -0.25) is 0 Å². The standard InChI is InChI=1S/C24H31N5O6S2/c1-14-20(9-10-21(27-14)36(30,31)18-5-6-18)28-23-22(34-2)24(26-13-25-23)35-17-11-15-3-4-16(12-17)29(15)37(32,33)19-7-8-19/h9-10,13,15-19H,3-8,11-12H2,1-2H3,(H,25,26,28)/t15-,16?,17?/m0/s1. The number of aryl methyl sites for hydroxylation is 1. The summed E-state index contributed by atoms with van der Waals surface area (Å²) < 4.78 is 64.6. The van der Waals surface area contributed by atoms with E-state index in [-0.39, 0.29) is 39.6 Å². The van der Waals surface area contributed by atoms with Crippen molar-refractivity contribution >= 4 is 31.4 Å². The summed E-state index contributed by atoms with van der Waals surface area (Å²) in [5.74, 6) is 0.963. The number of rotatable bonds is 9. The number of nitrogens with zero attached hydrogens (tertiary/aromatic N) is 4. The third-order valence-corrected chi connectivity index (χ3v) is 12.3. The first-order valence-corrected chi connectivity index (χ1v) is 15.8. The molecule has 2 saturated heterocycles. The molecule has 0 aromatic carbocycles. The number of hydrogen-bond acceptors (Lipinski definition) is 10. The minimum absolute atomic E-state index is 0.0427. The van der Waals surface area contributed by atoms with Crippen LogP contribution in [0.2, 0.25) is 0 Å². The highest BCUT2D eigenvalue weighted by Crippen LogP contribution is 2.44. The lowest BCUT2D eigenvalue weighted by Crippen LogP contribution is -2.50. The number of sulfone groups is 1. The molecule has 13 heteroatoms. The summed E-state index contributed by atoms with van der Waals surface area (Å²) in [7, 11) is -5.10. The fourth-order valence-electron chi connectivity index (χ4n) is 5.51. The summed E-state index contributed by atoms with van der Waals surface area (Å²) in [6.45, 7) is 1.73. The molecule has 1 N–H and O–H groups in total. The van der Waals surface area contributed by atoms with Gasteiger partial charge >= 0.3 is 0 Å². The number of anilines is 2. The van der Waals surface area contributed by atoms with Crippen LogP contribution in [-0.2, 0) is 19.9 Å². The molecule has 4 heterocycles. The lowest BCUT2D eigenvalue weighted by Gasteiger charge is -2.37. The van der Waals surface area contributed by atoms with Crippen molar-refractivity contribution in [3.05, 3.63) is 24.2 Å². The van der Waals surface area contributed by atoms with Crippen molar-refractivity contribution in [1.82, 2.24) is 19.3 Å². The minimum Gasteiger partial charge on any atom is -0.489 e. The van der Waals surface area contributed by atoms with Crippen LogP contribution in [0.5, 0.6) is 11.6 Å². The van der Waals surface area contributed by atoms with E-state index in [2.05, 4.69) is 20.3 Å². The van der Waals surface area contributed by atoms with E-state index >= 15 is 0 Å². The van der Waals surface area contributed by atoms with E-state index in [9.17, 15) is 16.8 Å². The number of ether oxygens (including phenoxy) is 2. The molecule has 2 unspecified atom stereocenters. The molecule has 2 aliphatic carbocycles. The van der Waals surface area contributed by atoms with Gasteiger partial charge in [0, 0.05) is 24.9 Å². The van der Waals surface area contributed by atoms with Crippen LogP contribution >= 0.6 is 0 Å². The van der Waals surface area contributed by atoms with Crippen LogP contribution in [0.25, 0.3) is 0 Å². The maximum atomic E-state index is 12.9. The van der Waals surface area contributed by atoms with Crippen molar-refractivity contribution in [3.63, 3.8) is 0 Å². The predicted octanol–water partition coefficient (Wildman–Crippen LogP) is 2.73. The molecule has 0 amide bonds. The first kappa shape index (κ1) is 24.8. The number of hydrogen-bond donors (Lipinski definition) is 1. The molecule has 2 saturated carbocycles. The van der Waals surface area contributed by atoms with Gasteiger partial charge in [-0.1, -0.05) is 0 Å². The van der Waals surface area contributed by atoms with Gasteiger partial charge in [0.1, 0.15) is 12.4 Å². The monoisotopic (exact) mass is 549 g/mol. The zero-order valence-corrected chi connectivity index (χ0v) is 22.5. The van der Waals surface area contributed by atoms with Crippen LogP contribution in [0.3, 0.4) is 0 Å². The summed E-state index contributed by atoms with van der Waals surface area (Å²) >= 11 is 0. The summed E-state index contributed by atoms with van der Waals surface area (Å²) in [5.41, 5.74) is 1.11. The first-order chi connectivity index (χ1) is 17.7. The molecular formula is C24H31N5O6S2. The van der Waals surface area contributed by atoms with Crippen molar-refractivity contribution in [2.75, 3.05) is 12.4 Å². The topological polar surface area (TPSA) is 141 Å². The van der Waals surface area contributed by atoms with Crippen LogP contribution in [0.15, 0.2) is 23.5 Å². The second-order valence-electron chi connectivity index (χ2n) is 10.4. The van der Waals surface area contributed by atoms with Gasteiger partial charge in [0.15, 0.2) is 20.7 Å². The second-order valence-corrected chi connectivity index (χ2v) is 14.7. The predicted molar refractivity (Wildman–Crippen MR) is 135 cm³/mol. The van der Waals surface area contributed by atoms with Gasteiger partial charge in [-0.15, -0.1) is 0 Å². The molecule has 0 radical (unpaired) electrons. The summed E-state index contributed by atoms with van der Waals surface area (Å²) in [6, 6.07) is 3.10. The van der Waals surface area contributed by atoms with E-state index in [0.29, 0.717) is 48.6 Å². The van der Waals surface area contributed by atoms with Gasteiger partial charge in [0.05, 0.1) is 29.0 Å². The fourth-order valence-corrected chi connectivity index (χ4v) is 9.42. The molecule has 3 atom stereocenters. The van der Waals surface area contributed by atoms with Gasteiger partial charge in [0.25, 0.3) is 5.88 Å². The van der Waals surface area contributed by atoms with Gasteiger partial charge < -0.3 is 14.8 Å². The van der Waals surface area contributed by atoms with E-state index in [1.165, 1.54) is 19.5 Å². The summed E-state index contributed by atoms with van der Waals surface area (Å²) in [5, 5.41) is 2.73. The maximum absolute atomic E-state index is 12.9. The van der Waals surface area contributed by atoms with Crippen molar-refractivity contribution in [3.8, 4) is 11.6 Å². The van der Waals surface area contributed by atoms with Crippen LogP contribution in [-0.4, -0.2) is 71.9 Å². The Morgan fingerprint density at radius 1 is 0.946 bits per heavy atom. The Labute approximate surface area is 217 Å². The molecule has 2 bridgehead atoms. The number of sulfonamides is 1. The molecule has 2 aliphatic heterocycles. The van der Waals surface area contributed by atoms with Gasteiger partial charge in [0.2, 0.25) is 15.8 Å². The highest BCUT2D eigenvalue weighted by molar-refractivity contribution is 7.92. The van der Waals surface area contributed by atoms with Crippen molar-refractivity contribution in [2.24, 2.45) is 0 Å². The van der Waals surface area contributed by atoms with Crippen molar-refractivity contribution in [1.29, 1.82) is 0 Å².